The molecule has 0 fully saturated rings. The van der Waals surface area contributed by atoms with Gasteiger partial charge in [0.05, 0.1) is 36.2 Å². The molecule has 0 aromatic carbocycles. The van der Waals surface area contributed by atoms with Crippen molar-refractivity contribution in [3.05, 3.63) is 16.9 Å². The molecule has 0 aliphatic heterocycles. The van der Waals surface area contributed by atoms with Crippen molar-refractivity contribution in [2.24, 2.45) is 5.73 Å². The van der Waals surface area contributed by atoms with Crippen LogP contribution in [0.2, 0.25) is 5.02 Å². The zero-order chi connectivity index (χ0) is 12.7. The second-order valence-corrected chi connectivity index (χ2v) is 4.10. The van der Waals surface area contributed by atoms with Crippen molar-refractivity contribution in [1.82, 2.24) is 9.78 Å². The molecule has 98 valence electrons. The van der Waals surface area contributed by atoms with Crippen LogP contribution in [0.3, 0.4) is 0 Å². The van der Waals surface area contributed by atoms with Crippen LogP contribution in [0, 0.1) is 0 Å². The molecule has 0 saturated heterocycles. The number of nitrogens with two attached hydrogens (primary N) is 1. The van der Waals surface area contributed by atoms with Gasteiger partial charge in [-0.05, 0) is 13.3 Å². The van der Waals surface area contributed by atoms with Crippen LogP contribution in [0.4, 0.5) is 0 Å². The Hall–Kier alpha value is -0.620. The first-order valence-corrected chi connectivity index (χ1v) is 6.12. The Labute approximate surface area is 107 Å². The van der Waals surface area contributed by atoms with Gasteiger partial charge in [-0.1, -0.05) is 11.6 Å². The largest absolute Gasteiger partial charge is 0.382 e. The number of hydrogen-bond acceptors (Lipinski definition) is 4. The summed E-state index contributed by atoms with van der Waals surface area (Å²) in [6, 6.07) is -0.146. The fourth-order valence-corrected chi connectivity index (χ4v) is 1.87. The molecule has 5 nitrogen and oxygen atoms in total. The summed E-state index contributed by atoms with van der Waals surface area (Å²) in [5.74, 6) is 0. The van der Waals surface area contributed by atoms with Crippen molar-refractivity contribution in [1.29, 1.82) is 0 Å². The van der Waals surface area contributed by atoms with E-state index in [0.717, 1.165) is 18.7 Å². The Morgan fingerprint density at radius 1 is 1.47 bits per heavy atom. The Morgan fingerprint density at radius 2 is 2.24 bits per heavy atom. The SMILES string of the molecule is CCn1ncc(Cl)c1C(N)CCOCCOC. The monoisotopic (exact) mass is 261 g/mol. The average molecular weight is 262 g/mol. The molecule has 6 heteroatoms. The zero-order valence-electron chi connectivity index (χ0n) is 10.4. The van der Waals surface area contributed by atoms with Gasteiger partial charge >= 0.3 is 0 Å². The number of rotatable bonds is 8. The van der Waals surface area contributed by atoms with Gasteiger partial charge in [-0.3, -0.25) is 4.68 Å². The van der Waals surface area contributed by atoms with E-state index in [0.29, 0.717) is 24.8 Å². The first kappa shape index (κ1) is 14.4. The second kappa shape index (κ2) is 7.66. The molecule has 0 bridgehead atoms. The van der Waals surface area contributed by atoms with E-state index in [1.807, 2.05) is 11.6 Å². The van der Waals surface area contributed by atoms with Gasteiger partial charge in [0, 0.05) is 20.3 Å². The maximum absolute atomic E-state index is 6.07. The fraction of sp³-hybridized carbons (Fsp3) is 0.727. The molecule has 0 aliphatic carbocycles. The minimum Gasteiger partial charge on any atom is -0.382 e. The number of aromatic nitrogens is 2. The van der Waals surface area contributed by atoms with Crippen LogP contribution in [0.15, 0.2) is 6.20 Å². The van der Waals surface area contributed by atoms with E-state index in [1.54, 1.807) is 13.3 Å². The normalized spacial score (nSPS) is 12.9. The molecule has 0 saturated carbocycles. The number of methoxy groups -OCH3 is 1. The third-order valence-corrected chi connectivity index (χ3v) is 2.78. The van der Waals surface area contributed by atoms with Crippen molar-refractivity contribution in [2.75, 3.05) is 26.9 Å². The summed E-state index contributed by atoms with van der Waals surface area (Å²) in [5, 5.41) is 4.78. The molecule has 1 aromatic heterocycles. The van der Waals surface area contributed by atoms with Crippen LogP contribution in [0.5, 0.6) is 0 Å². The maximum atomic E-state index is 6.07. The number of halogens is 1. The van der Waals surface area contributed by atoms with Crippen molar-refractivity contribution in [2.45, 2.75) is 25.9 Å². The molecule has 1 atom stereocenters. The van der Waals surface area contributed by atoms with Gasteiger partial charge in [0.25, 0.3) is 0 Å². The smallest absolute Gasteiger partial charge is 0.0834 e. The minimum atomic E-state index is -0.146. The molecule has 0 radical (unpaired) electrons. The Bertz CT molecular complexity index is 331. The molecule has 1 unspecified atom stereocenters. The fourth-order valence-electron chi connectivity index (χ4n) is 1.58. The Morgan fingerprint density at radius 3 is 2.88 bits per heavy atom. The lowest BCUT2D eigenvalue weighted by Gasteiger charge is -2.14. The highest BCUT2D eigenvalue weighted by Gasteiger charge is 2.15. The highest BCUT2D eigenvalue weighted by atomic mass is 35.5. The zero-order valence-corrected chi connectivity index (χ0v) is 11.1. The topological polar surface area (TPSA) is 62.3 Å². The first-order chi connectivity index (χ1) is 8.20. The van der Waals surface area contributed by atoms with E-state index in [9.17, 15) is 0 Å². The highest BCUT2D eigenvalue weighted by molar-refractivity contribution is 6.31. The summed E-state index contributed by atoms with van der Waals surface area (Å²) in [7, 11) is 1.65. The molecule has 0 spiro atoms. The predicted octanol–water partition coefficient (Wildman–Crippen LogP) is 1.61. The summed E-state index contributed by atoms with van der Waals surface area (Å²) in [6.45, 7) is 4.55. The van der Waals surface area contributed by atoms with Crippen LogP contribution in [0.25, 0.3) is 0 Å². The van der Waals surface area contributed by atoms with E-state index in [2.05, 4.69) is 5.10 Å². The average Bonchev–Trinajstić information content (AvgIpc) is 2.70. The molecule has 17 heavy (non-hydrogen) atoms. The van der Waals surface area contributed by atoms with Crippen molar-refractivity contribution < 1.29 is 9.47 Å². The lowest BCUT2D eigenvalue weighted by Crippen LogP contribution is -2.18. The second-order valence-electron chi connectivity index (χ2n) is 3.69. The number of nitrogens with zero attached hydrogens (tertiary/aromatic N) is 2. The third kappa shape index (κ3) is 4.27. The molecule has 0 amide bonds. The maximum Gasteiger partial charge on any atom is 0.0834 e. The van der Waals surface area contributed by atoms with Gasteiger partial charge in [-0.2, -0.15) is 5.10 Å². The molecule has 1 aromatic rings. The lowest BCUT2D eigenvalue weighted by molar-refractivity contribution is 0.0669. The van der Waals surface area contributed by atoms with E-state index < -0.39 is 0 Å². The first-order valence-electron chi connectivity index (χ1n) is 5.74. The summed E-state index contributed by atoms with van der Waals surface area (Å²) in [5.41, 5.74) is 6.95. The highest BCUT2D eigenvalue weighted by Crippen LogP contribution is 2.23. The standard InChI is InChI=1S/C11H20ClN3O2/c1-3-15-11(9(12)8-14-15)10(13)4-5-17-7-6-16-2/h8,10H,3-7,13H2,1-2H3. The van der Waals surface area contributed by atoms with Crippen LogP contribution >= 0.6 is 11.6 Å². The van der Waals surface area contributed by atoms with Gasteiger partial charge in [-0.15, -0.1) is 0 Å². The molecule has 1 rings (SSSR count). The van der Waals surface area contributed by atoms with Gasteiger partial charge in [0.1, 0.15) is 0 Å². The van der Waals surface area contributed by atoms with Gasteiger partial charge < -0.3 is 15.2 Å². The van der Waals surface area contributed by atoms with Crippen LogP contribution in [-0.2, 0) is 16.0 Å². The molecular weight excluding hydrogens is 242 g/mol. The summed E-state index contributed by atoms with van der Waals surface area (Å²) in [4.78, 5) is 0. The van der Waals surface area contributed by atoms with E-state index in [-0.39, 0.29) is 6.04 Å². The van der Waals surface area contributed by atoms with Crippen molar-refractivity contribution in [3.8, 4) is 0 Å². The van der Waals surface area contributed by atoms with E-state index >= 15 is 0 Å². The number of hydrogen-bond donors (Lipinski definition) is 1. The van der Waals surface area contributed by atoms with Crippen molar-refractivity contribution in [3.63, 3.8) is 0 Å². The molecule has 1 heterocycles. The quantitative estimate of drug-likeness (QED) is 0.722. The summed E-state index contributed by atoms with van der Waals surface area (Å²) < 4.78 is 12.1. The molecular formula is C11H20ClN3O2. The van der Waals surface area contributed by atoms with E-state index in [4.69, 9.17) is 26.8 Å². The van der Waals surface area contributed by atoms with Gasteiger partial charge in [-0.25, -0.2) is 0 Å². The third-order valence-electron chi connectivity index (χ3n) is 2.49. The minimum absolute atomic E-state index is 0.146. The van der Waals surface area contributed by atoms with Crippen LogP contribution in [0.1, 0.15) is 25.1 Å². The van der Waals surface area contributed by atoms with Crippen LogP contribution in [-0.4, -0.2) is 36.7 Å². The summed E-state index contributed by atoms with van der Waals surface area (Å²) >= 11 is 6.06. The number of aryl methyl sites for hydroxylation is 1. The molecule has 0 aliphatic rings. The molecule has 2 N–H and O–H groups in total. The lowest BCUT2D eigenvalue weighted by atomic mass is 10.1. The summed E-state index contributed by atoms with van der Waals surface area (Å²) in [6.07, 6.45) is 2.35. The predicted molar refractivity (Wildman–Crippen MR) is 67.2 cm³/mol. The van der Waals surface area contributed by atoms with Crippen LogP contribution < -0.4 is 5.73 Å². The van der Waals surface area contributed by atoms with Crippen molar-refractivity contribution >= 4 is 11.6 Å². The van der Waals surface area contributed by atoms with Gasteiger partial charge in [0.2, 0.25) is 0 Å². The van der Waals surface area contributed by atoms with Gasteiger partial charge in [0.15, 0.2) is 0 Å². The number of ether oxygens (including phenoxy) is 2. The Kier molecular flexibility index (Phi) is 6.50. The van der Waals surface area contributed by atoms with E-state index in [1.165, 1.54) is 0 Å². The Balaban J connectivity index is 2.40.